The van der Waals surface area contributed by atoms with Crippen LogP contribution in [-0.2, 0) is 12.5 Å². The van der Waals surface area contributed by atoms with Gasteiger partial charge in [-0.15, -0.1) is 0 Å². The highest BCUT2D eigenvalue weighted by Gasteiger charge is 2.52. The quantitative estimate of drug-likeness (QED) is 0.627. The molecule has 0 bridgehead atoms. The Morgan fingerprint density at radius 1 is 0.926 bits per heavy atom. The molecule has 5 rings (SSSR count). The maximum atomic E-state index is 11.8. The average molecular weight is 360 g/mol. The molecule has 1 saturated carbocycles. The van der Waals surface area contributed by atoms with E-state index in [0.29, 0.717) is 0 Å². The van der Waals surface area contributed by atoms with Crippen LogP contribution in [0.4, 0.5) is 0 Å². The van der Waals surface area contributed by atoms with Gasteiger partial charge in [0.15, 0.2) is 0 Å². The van der Waals surface area contributed by atoms with Crippen LogP contribution in [0.15, 0.2) is 54.6 Å². The molecule has 0 aliphatic heterocycles. The van der Waals surface area contributed by atoms with Gasteiger partial charge in [-0.1, -0.05) is 67.8 Å². The van der Waals surface area contributed by atoms with E-state index in [2.05, 4.69) is 73.1 Å². The smallest absolute Gasteiger partial charge is 0.0717 e. The molecular formula is C25H29NO. The molecule has 0 unspecified atom stereocenters. The lowest BCUT2D eigenvalue weighted by molar-refractivity contribution is -0.0236. The molecule has 27 heavy (non-hydrogen) atoms. The third kappa shape index (κ3) is 2.36. The molecular weight excluding hydrogens is 330 g/mol. The van der Waals surface area contributed by atoms with Crippen molar-refractivity contribution in [3.63, 3.8) is 0 Å². The van der Waals surface area contributed by atoms with Crippen LogP contribution in [0.25, 0.3) is 10.9 Å². The SMILES string of the molecule is Cn1c2c(c3ccccc31)[C@@H](C1(O)CCCCC1)C[C@]2(C)c1ccccc1. The predicted molar refractivity (Wildman–Crippen MR) is 111 cm³/mol. The summed E-state index contributed by atoms with van der Waals surface area (Å²) in [5.41, 5.74) is 4.82. The monoisotopic (exact) mass is 359 g/mol. The molecule has 0 saturated heterocycles. The third-order valence-electron chi connectivity index (χ3n) is 7.41. The van der Waals surface area contributed by atoms with E-state index >= 15 is 0 Å². The molecule has 0 spiro atoms. The van der Waals surface area contributed by atoms with Gasteiger partial charge in [0, 0.05) is 35.0 Å². The van der Waals surface area contributed by atoms with Gasteiger partial charge >= 0.3 is 0 Å². The number of hydrogen-bond donors (Lipinski definition) is 1. The minimum atomic E-state index is -0.566. The third-order valence-corrected chi connectivity index (χ3v) is 7.41. The number of para-hydroxylation sites is 1. The molecule has 2 nitrogen and oxygen atoms in total. The second-order valence-corrected chi connectivity index (χ2v) is 8.96. The van der Waals surface area contributed by atoms with Crippen molar-refractivity contribution in [2.75, 3.05) is 0 Å². The molecule has 1 fully saturated rings. The van der Waals surface area contributed by atoms with E-state index in [1.165, 1.54) is 34.1 Å². The van der Waals surface area contributed by atoms with Gasteiger partial charge in [0.05, 0.1) is 5.60 Å². The summed E-state index contributed by atoms with van der Waals surface area (Å²) in [6.07, 6.45) is 6.42. The zero-order valence-corrected chi connectivity index (χ0v) is 16.4. The number of aryl methyl sites for hydroxylation is 1. The van der Waals surface area contributed by atoms with E-state index in [4.69, 9.17) is 0 Å². The Morgan fingerprint density at radius 2 is 1.59 bits per heavy atom. The van der Waals surface area contributed by atoms with E-state index in [1.807, 2.05) is 0 Å². The maximum Gasteiger partial charge on any atom is 0.0717 e. The summed E-state index contributed by atoms with van der Waals surface area (Å²) in [5, 5.41) is 13.1. The van der Waals surface area contributed by atoms with Gasteiger partial charge < -0.3 is 9.67 Å². The van der Waals surface area contributed by atoms with Crippen molar-refractivity contribution in [3.05, 3.63) is 71.4 Å². The van der Waals surface area contributed by atoms with Gasteiger partial charge in [-0.2, -0.15) is 0 Å². The second-order valence-electron chi connectivity index (χ2n) is 8.96. The van der Waals surface area contributed by atoms with Crippen LogP contribution in [0.2, 0.25) is 0 Å². The number of aromatic nitrogens is 1. The minimum absolute atomic E-state index is 0.0673. The molecule has 140 valence electrons. The highest BCUT2D eigenvalue weighted by atomic mass is 16.3. The van der Waals surface area contributed by atoms with E-state index in [9.17, 15) is 5.11 Å². The van der Waals surface area contributed by atoms with Crippen molar-refractivity contribution in [3.8, 4) is 0 Å². The van der Waals surface area contributed by atoms with Crippen LogP contribution in [0.5, 0.6) is 0 Å². The molecule has 2 aromatic carbocycles. The van der Waals surface area contributed by atoms with Crippen molar-refractivity contribution in [1.82, 2.24) is 4.57 Å². The molecule has 1 aromatic heterocycles. The van der Waals surface area contributed by atoms with Crippen LogP contribution in [0, 0.1) is 0 Å². The first-order valence-electron chi connectivity index (χ1n) is 10.4. The molecule has 2 aliphatic carbocycles. The summed E-state index contributed by atoms with van der Waals surface area (Å²) in [6, 6.07) is 19.6. The summed E-state index contributed by atoms with van der Waals surface area (Å²) in [4.78, 5) is 0. The van der Waals surface area contributed by atoms with Crippen molar-refractivity contribution in [2.45, 2.75) is 62.4 Å². The number of benzene rings is 2. The van der Waals surface area contributed by atoms with E-state index in [1.54, 1.807) is 0 Å². The van der Waals surface area contributed by atoms with Gasteiger partial charge in [-0.05, 0) is 43.4 Å². The highest BCUT2D eigenvalue weighted by Crippen LogP contribution is 2.58. The second kappa shape index (κ2) is 5.97. The number of hydrogen-bond acceptors (Lipinski definition) is 1. The summed E-state index contributed by atoms with van der Waals surface area (Å²) in [6.45, 7) is 2.38. The summed E-state index contributed by atoms with van der Waals surface area (Å²) in [7, 11) is 2.20. The van der Waals surface area contributed by atoms with Crippen molar-refractivity contribution >= 4 is 10.9 Å². The molecule has 1 N–H and O–H groups in total. The zero-order valence-electron chi connectivity index (χ0n) is 16.4. The van der Waals surface area contributed by atoms with Crippen molar-refractivity contribution < 1.29 is 5.11 Å². The fourth-order valence-electron chi connectivity index (χ4n) is 6.08. The van der Waals surface area contributed by atoms with E-state index < -0.39 is 5.60 Å². The first-order valence-corrected chi connectivity index (χ1v) is 10.4. The largest absolute Gasteiger partial charge is 0.389 e. The van der Waals surface area contributed by atoms with Crippen LogP contribution in [-0.4, -0.2) is 15.3 Å². The lowest BCUT2D eigenvalue weighted by Crippen LogP contribution is -2.38. The molecule has 2 atom stereocenters. The molecule has 1 heterocycles. The van der Waals surface area contributed by atoms with Gasteiger partial charge in [-0.3, -0.25) is 0 Å². The Balaban J connectivity index is 1.78. The average Bonchev–Trinajstić information content (AvgIpc) is 3.19. The van der Waals surface area contributed by atoms with Crippen LogP contribution in [0.1, 0.15) is 68.2 Å². The fraction of sp³-hybridized carbons (Fsp3) is 0.440. The summed E-state index contributed by atoms with van der Waals surface area (Å²) >= 11 is 0. The number of fused-ring (bicyclic) bond motifs is 3. The summed E-state index contributed by atoms with van der Waals surface area (Å²) < 4.78 is 2.39. The Morgan fingerprint density at radius 3 is 2.33 bits per heavy atom. The Bertz CT molecular complexity index is 980. The van der Waals surface area contributed by atoms with E-state index in [-0.39, 0.29) is 11.3 Å². The first kappa shape index (κ1) is 17.1. The molecule has 2 heteroatoms. The predicted octanol–water partition coefficient (Wildman–Crippen LogP) is 5.67. The molecule has 2 aliphatic rings. The van der Waals surface area contributed by atoms with Gasteiger partial charge in [0.1, 0.15) is 0 Å². The topological polar surface area (TPSA) is 25.2 Å². The fourth-order valence-corrected chi connectivity index (χ4v) is 6.08. The Labute approximate surface area is 161 Å². The van der Waals surface area contributed by atoms with Gasteiger partial charge in [0.25, 0.3) is 0 Å². The first-order chi connectivity index (χ1) is 13.0. The Kier molecular flexibility index (Phi) is 3.77. The van der Waals surface area contributed by atoms with Crippen molar-refractivity contribution in [2.24, 2.45) is 7.05 Å². The van der Waals surface area contributed by atoms with Crippen LogP contribution < -0.4 is 0 Å². The molecule has 3 aromatic rings. The molecule has 0 amide bonds. The van der Waals surface area contributed by atoms with E-state index in [0.717, 1.165) is 32.1 Å². The lowest BCUT2D eigenvalue weighted by Gasteiger charge is -2.39. The highest BCUT2D eigenvalue weighted by molar-refractivity contribution is 5.88. The van der Waals surface area contributed by atoms with Gasteiger partial charge in [-0.25, -0.2) is 0 Å². The minimum Gasteiger partial charge on any atom is -0.389 e. The maximum absolute atomic E-state index is 11.8. The number of nitrogens with zero attached hydrogens (tertiary/aromatic N) is 1. The van der Waals surface area contributed by atoms with Crippen LogP contribution >= 0.6 is 0 Å². The standard InChI is InChI=1S/C25H29NO/c1-24(18-11-5-3-6-12-18)17-20(25(27)15-9-4-10-16-25)22-19-13-7-8-14-21(19)26(2)23(22)24/h3,5-8,11-14,20,27H,4,9-10,15-17H2,1-2H3/t20-,24+/m0/s1. The molecule has 0 radical (unpaired) electrons. The van der Waals surface area contributed by atoms with Gasteiger partial charge in [0.2, 0.25) is 0 Å². The lowest BCUT2D eigenvalue weighted by atomic mass is 9.70. The zero-order chi connectivity index (χ0) is 18.6. The van der Waals surface area contributed by atoms with Crippen LogP contribution in [0.3, 0.4) is 0 Å². The normalized spacial score (nSPS) is 27.0. The number of rotatable bonds is 2. The Hall–Kier alpha value is -2.06. The number of aliphatic hydroxyl groups is 1. The summed E-state index contributed by atoms with van der Waals surface area (Å²) in [5.74, 6) is 0.212. The van der Waals surface area contributed by atoms with Crippen molar-refractivity contribution in [1.29, 1.82) is 0 Å².